The average molecular weight is 416 g/mol. The molecule has 29 heavy (non-hydrogen) atoms. The Bertz CT molecular complexity index is 1070. The minimum absolute atomic E-state index is 0.330. The molecule has 144 valence electrons. The molecule has 1 nitrogen and oxygen atoms in total. The van der Waals surface area contributed by atoms with Crippen molar-refractivity contribution >= 4 is 21.7 Å². The van der Waals surface area contributed by atoms with Gasteiger partial charge < -0.3 is 0 Å². The Hall–Kier alpha value is -2.62. The summed E-state index contributed by atoms with van der Waals surface area (Å²) in [4.78, 5) is 5.29. The summed E-state index contributed by atoms with van der Waals surface area (Å²) in [6, 6.07) is 35.2. The van der Waals surface area contributed by atoms with E-state index >= 15 is 0 Å². The van der Waals surface area contributed by atoms with Crippen LogP contribution in [0.2, 0.25) is 0 Å². The molecule has 0 amide bonds. The van der Waals surface area contributed by atoms with Gasteiger partial charge in [0.25, 0.3) is 0 Å². The molecule has 4 rings (SSSR count). The van der Waals surface area contributed by atoms with Crippen molar-refractivity contribution in [1.82, 2.24) is 0 Å². The predicted octanol–water partition coefficient (Wildman–Crippen LogP) is 6.57. The Morgan fingerprint density at radius 1 is 0.586 bits per heavy atom. The van der Waals surface area contributed by atoms with Gasteiger partial charge in [-0.3, -0.25) is 0 Å². The van der Waals surface area contributed by atoms with Crippen LogP contribution in [0.25, 0.3) is 0 Å². The third-order valence-electron chi connectivity index (χ3n) is 4.74. The molecule has 0 saturated carbocycles. The summed E-state index contributed by atoms with van der Waals surface area (Å²) in [6.45, 7) is 4.21. The van der Waals surface area contributed by atoms with Crippen LogP contribution in [0, 0.1) is 13.8 Å². The second-order valence-electron chi connectivity index (χ2n) is 6.96. The summed E-state index contributed by atoms with van der Waals surface area (Å²) in [5.41, 5.74) is 2.48. The van der Waals surface area contributed by atoms with Crippen LogP contribution >= 0.6 is 0 Å². The summed E-state index contributed by atoms with van der Waals surface area (Å²) < 4.78 is 13.5. The Kier molecular flexibility index (Phi) is 5.98. The van der Waals surface area contributed by atoms with Gasteiger partial charge in [-0.1, -0.05) is 65.7 Å². The van der Waals surface area contributed by atoms with Crippen molar-refractivity contribution in [3.8, 4) is 0 Å². The van der Waals surface area contributed by atoms with E-state index in [1.54, 1.807) is 0 Å². The molecule has 0 saturated heterocycles. The van der Waals surface area contributed by atoms with Crippen LogP contribution in [0.3, 0.4) is 0 Å². The fourth-order valence-corrected chi connectivity index (χ4v) is 6.85. The van der Waals surface area contributed by atoms with Crippen molar-refractivity contribution < 1.29 is 4.21 Å². The van der Waals surface area contributed by atoms with E-state index in [1.807, 2.05) is 48.5 Å². The molecule has 0 aliphatic heterocycles. The van der Waals surface area contributed by atoms with Crippen LogP contribution in [0.1, 0.15) is 11.1 Å². The fourth-order valence-electron chi connectivity index (χ4n) is 3.18. The first-order valence-corrected chi connectivity index (χ1v) is 11.9. The molecule has 0 bridgehead atoms. The Morgan fingerprint density at radius 2 is 1.07 bits per heavy atom. The average Bonchev–Trinajstić information content (AvgIpc) is 2.77. The van der Waals surface area contributed by atoms with Gasteiger partial charge in [0.2, 0.25) is 0 Å². The van der Waals surface area contributed by atoms with Gasteiger partial charge in [-0.05, 0) is 62.4 Å². The van der Waals surface area contributed by atoms with Gasteiger partial charge in [0.1, 0.15) is 10.9 Å². The van der Waals surface area contributed by atoms with Crippen molar-refractivity contribution in [1.29, 1.82) is 0 Å². The first-order chi connectivity index (χ1) is 14.1. The molecule has 0 aliphatic carbocycles. The highest BCUT2D eigenvalue weighted by Gasteiger charge is 2.32. The van der Waals surface area contributed by atoms with Crippen LogP contribution in [-0.4, -0.2) is 4.21 Å². The van der Waals surface area contributed by atoms with Gasteiger partial charge >= 0.3 is 0 Å². The molecule has 0 aromatic heterocycles. The quantitative estimate of drug-likeness (QED) is 0.337. The summed E-state index contributed by atoms with van der Waals surface area (Å²) in [5, 5.41) is 0. The van der Waals surface area contributed by atoms with Crippen molar-refractivity contribution in [3.05, 3.63) is 114 Å². The number of rotatable bonds is 5. The molecule has 0 heterocycles. The van der Waals surface area contributed by atoms with E-state index in [1.165, 1.54) is 20.9 Å². The van der Waals surface area contributed by atoms with Crippen LogP contribution in [0.15, 0.2) is 128 Å². The van der Waals surface area contributed by atoms with Crippen molar-refractivity contribution in [2.75, 3.05) is 0 Å². The van der Waals surface area contributed by atoms with E-state index in [2.05, 4.69) is 68.4 Å². The molecule has 4 aromatic rings. The smallest absolute Gasteiger partial charge is 0.183 e. The summed E-state index contributed by atoms with van der Waals surface area (Å²) in [5.74, 6) is 0. The maximum atomic E-state index is 13.5. The topological polar surface area (TPSA) is 17.1 Å². The lowest BCUT2D eigenvalue weighted by Crippen LogP contribution is -2.09. The Labute approximate surface area is 178 Å². The molecular weight excluding hydrogens is 392 g/mol. The van der Waals surface area contributed by atoms with Crippen molar-refractivity contribution in [2.45, 2.75) is 38.3 Å². The van der Waals surface area contributed by atoms with Crippen molar-refractivity contribution in [2.24, 2.45) is 0 Å². The molecule has 1 atom stereocenters. The first kappa shape index (κ1) is 19.7. The summed E-state index contributed by atoms with van der Waals surface area (Å²) in [7, 11) is -1.56. The van der Waals surface area contributed by atoms with Crippen molar-refractivity contribution in [3.63, 3.8) is 0 Å². The van der Waals surface area contributed by atoms with Gasteiger partial charge in [0.15, 0.2) is 14.7 Å². The molecule has 0 aliphatic rings. The highest BCUT2D eigenvalue weighted by molar-refractivity contribution is 7.97. The SMILES string of the molecule is Cc1ccc([S+](c2ccc(C)cc2)c2ccccc2S(=O)c2ccccc2)cc1. The maximum Gasteiger partial charge on any atom is 0.183 e. The van der Waals surface area contributed by atoms with Gasteiger partial charge in [0, 0.05) is 4.90 Å². The van der Waals surface area contributed by atoms with E-state index in [0.29, 0.717) is 0 Å². The zero-order valence-corrected chi connectivity index (χ0v) is 18.2. The van der Waals surface area contributed by atoms with Gasteiger partial charge in [-0.25, -0.2) is 4.21 Å². The van der Waals surface area contributed by atoms with E-state index in [9.17, 15) is 4.21 Å². The predicted molar refractivity (Wildman–Crippen MR) is 122 cm³/mol. The van der Waals surface area contributed by atoms with Gasteiger partial charge in [0.05, 0.1) is 15.7 Å². The van der Waals surface area contributed by atoms with Crippen LogP contribution in [-0.2, 0) is 21.7 Å². The normalized spacial score (nSPS) is 12.1. The molecule has 0 N–H and O–H groups in total. The standard InChI is InChI=1S/C26H23OS2/c1-20-12-16-22(17-13-20)28(23-18-14-21(2)15-19-23)25-10-6-7-11-26(25)29(27)24-8-4-3-5-9-24/h3-19H,1-2H3/q+1. The number of hydrogen-bond donors (Lipinski definition) is 0. The monoisotopic (exact) mass is 415 g/mol. The first-order valence-electron chi connectivity index (χ1n) is 9.57. The van der Waals surface area contributed by atoms with E-state index in [4.69, 9.17) is 0 Å². The zero-order chi connectivity index (χ0) is 20.2. The summed E-state index contributed by atoms with van der Waals surface area (Å²) in [6.07, 6.45) is 0. The van der Waals surface area contributed by atoms with Crippen LogP contribution in [0.5, 0.6) is 0 Å². The Balaban J connectivity index is 1.88. The lowest BCUT2D eigenvalue weighted by Gasteiger charge is -2.12. The van der Waals surface area contributed by atoms with Crippen LogP contribution in [0.4, 0.5) is 0 Å². The highest BCUT2D eigenvalue weighted by atomic mass is 32.2. The van der Waals surface area contributed by atoms with Gasteiger partial charge in [-0.2, -0.15) is 0 Å². The molecule has 0 fully saturated rings. The lowest BCUT2D eigenvalue weighted by molar-refractivity contribution is 0.681. The second-order valence-corrected chi connectivity index (χ2v) is 10.4. The number of hydrogen-bond acceptors (Lipinski definition) is 1. The third kappa shape index (κ3) is 4.36. The zero-order valence-electron chi connectivity index (χ0n) is 16.5. The van der Waals surface area contributed by atoms with Gasteiger partial charge in [-0.15, -0.1) is 0 Å². The van der Waals surface area contributed by atoms with E-state index < -0.39 is 10.8 Å². The minimum Gasteiger partial charge on any atom is -0.249 e. The lowest BCUT2D eigenvalue weighted by atomic mass is 10.2. The fraction of sp³-hybridized carbons (Fsp3) is 0.0769. The molecule has 3 heteroatoms. The molecule has 1 unspecified atom stereocenters. The number of benzene rings is 4. The maximum absolute atomic E-state index is 13.5. The van der Waals surface area contributed by atoms with E-state index in [-0.39, 0.29) is 10.9 Å². The molecule has 0 radical (unpaired) electrons. The van der Waals surface area contributed by atoms with E-state index in [0.717, 1.165) is 14.7 Å². The number of aryl methyl sites for hydroxylation is 2. The second kappa shape index (κ2) is 8.81. The minimum atomic E-state index is -1.23. The molecule has 0 spiro atoms. The molecule has 4 aromatic carbocycles. The Morgan fingerprint density at radius 3 is 1.62 bits per heavy atom. The third-order valence-corrected chi connectivity index (χ3v) is 8.61. The highest BCUT2D eigenvalue weighted by Crippen LogP contribution is 2.36. The largest absolute Gasteiger partial charge is 0.249 e. The summed E-state index contributed by atoms with van der Waals surface area (Å²) >= 11 is 0. The van der Waals surface area contributed by atoms with Crippen LogP contribution < -0.4 is 0 Å². The molecular formula is C26H23OS2+.